The Morgan fingerprint density at radius 3 is 1.44 bits per heavy atom. The van der Waals surface area contributed by atoms with Crippen LogP contribution in [0, 0.1) is 0 Å². The predicted molar refractivity (Wildman–Crippen MR) is 151 cm³/mol. The third kappa shape index (κ3) is 5.31. The van der Waals surface area contributed by atoms with Crippen molar-refractivity contribution in [3.63, 3.8) is 0 Å². The summed E-state index contributed by atoms with van der Waals surface area (Å²) in [5.74, 6) is 0. The molecule has 0 aliphatic carbocycles. The number of alkyl halides is 1. The number of rotatable bonds is 10. The summed E-state index contributed by atoms with van der Waals surface area (Å²) in [6, 6.07) is 43.3. The van der Waals surface area contributed by atoms with E-state index in [0.717, 1.165) is 6.16 Å². The zero-order chi connectivity index (χ0) is 23.8. The van der Waals surface area contributed by atoms with Gasteiger partial charge in [-0.1, -0.05) is 104 Å². The zero-order valence-corrected chi connectivity index (χ0v) is 21.8. The Morgan fingerprint density at radius 2 is 1.06 bits per heavy atom. The Morgan fingerprint density at radius 1 is 0.676 bits per heavy atom. The first kappa shape index (κ1) is 24.7. The van der Waals surface area contributed by atoms with E-state index in [9.17, 15) is 4.39 Å². The average molecular weight is 489 g/mol. The van der Waals surface area contributed by atoms with E-state index >= 15 is 0 Å². The molecule has 4 rings (SSSR count). The van der Waals surface area contributed by atoms with Crippen LogP contribution in [-0.4, -0.2) is 23.8 Å². The lowest BCUT2D eigenvalue weighted by molar-refractivity contribution is 0.317. The SMILES string of the molecule is CCC(F)CC[P+](c1ccccc1)(c1ccccc1)N(C)P(c1ccccc1)c1ccccc1. The van der Waals surface area contributed by atoms with E-state index in [1.54, 1.807) is 0 Å². The van der Waals surface area contributed by atoms with Crippen molar-refractivity contribution < 1.29 is 4.39 Å². The predicted octanol–water partition coefficient (Wildman–Crippen LogP) is 6.69. The van der Waals surface area contributed by atoms with Crippen LogP contribution in [0.15, 0.2) is 121 Å². The minimum atomic E-state index is -2.12. The second kappa shape index (κ2) is 11.9. The maximum absolute atomic E-state index is 14.8. The van der Waals surface area contributed by atoms with Crippen molar-refractivity contribution in [1.82, 2.24) is 4.44 Å². The van der Waals surface area contributed by atoms with E-state index in [-0.39, 0.29) is 0 Å². The third-order valence-electron chi connectivity index (χ3n) is 6.36. The van der Waals surface area contributed by atoms with Gasteiger partial charge in [-0.25, -0.2) is 4.39 Å². The summed E-state index contributed by atoms with van der Waals surface area (Å²) in [6.07, 6.45) is 1.13. The van der Waals surface area contributed by atoms with E-state index < -0.39 is 21.7 Å². The molecule has 0 saturated carbocycles. The highest BCUT2D eigenvalue weighted by atomic mass is 31.2. The first-order valence-electron chi connectivity index (χ1n) is 11.9. The average Bonchev–Trinajstić information content (AvgIpc) is 2.91. The minimum absolute atomic E-state index is 0.555. The molecule has 1 unspecified atom stereocenters. The molecule has 0 aromatic heterocycles. The lowest BCUT2D eigenvalue weighted by atomic mass is 10.2. The van der Waals surface area contributed by atoms with E-state index in [1.807, 2.05) is 6.92 Å². The van der Waals surface area contributed by atoms with E-state index in [1.165, 1.54) is 21.2 Å². The van der Waals surface area contributed by atoms with Gasteiger partial charge in [0.05, 0.1) is 14.2 Å². The van der Waals surface area contributed by atoms with Crippen LogP contribution in [-0.2, 0) is 0 Å². The van der Waals surface area contributed by atoms with Gasteiger partial charge in [0, 0.05) is 13.5 Å². The Hall–Kier alpha value is -2.37. The van der Waals surface area contributed by atoms with Gasteiger partial charge in [-0.05, 0) is 41.3 Å². The highest BCUT2D eigenvalue weighted by Crippen LogP contribution is 2.67. The molecule has 0 aliphatic heterocycles. The molecule has 1 atom stereocenters. The second-order valence-electron chi connectivity index (χ2n) is 8.43. The van der Waals surface area contributed by atoms with Gasteiger partial charge in [-0.2, -0.15) is 0 Å². The summed E-state index contributed by atoms with van der Waals surface area (Å²) in [5.41, 5.74) is 0. The largest absolute Gasteiger partial charge is 0.247 e. The van der Waals surface area contributed by atoms with Gasteiger partial charge >= 0.3 is 0 Å². The van der Waals surface area contributed by atoms with Crippen molar-refractivity contribution in [2.75, 3.05) is 13.2 Å². The van der Waals surface area contributed by atoms with Gasteiger partial charge in [0.2, 0.25) is 0 Å². The molecule has 0 bridgehead atoms. The Bertz CT molecular complexity index is 1040. The normalized spacial score (nSPS) is 12.7. The molecular weight excluding hydrogens is 455 g/mol. The molecule has 0 N–H and O–H groups in total. The van der Waals surface area contributed by atoms with Gasteiger partial charge < -0.3 is 0 Å². The molecule has 0 amide bonds. The van der Waals surface area contributed by atoms with Gasteiger partial charge in [-0.15, -0.1) is 4.44 Å². The molecule has 0 spiro atoms. The van der Waals surface area contributed by atoms with Gasteiger partial charge in [0.15, 0.2) is 7.41 Å². The quantitative estimate of drug-likeness (QED) is 0.225. The van der Waals surface area contributed by atoms with Crippen LogP contribution in [0.2, 0.25) is 0 Å². The van der Waals surface area contributed by atoms with Gasteiger partial charge in [-0.3, -0.25) is 0 Å². The monoisotopic (exact) mass is 488 g/mol. The lowest BCUT2D eigenvalue weighted by Gasteiger charge is -2.39. The molecule has 1 nitrogen and oxygen atoms in total. The van der Waals surface area contributed by atoms with Crippen molar-refractivity contribution in [2.24, 2.45) is 0 Å². The van der Waals surface area contributed by atoms with Crippen molar-refractivity contribution in [1.29, 1.82) is 0 Å². The van der Waals surface area contributed by atoms with Crippen LogP contribution in [0.25, 0.3) is 0 Å². The molecule has 34 heavy (non-hydrogen) atoms. The first-order chi connectivity index (χ1) is 16.7. The lowest BCUT2D eigenvalue weighted by Crippen LogP contribution is -2.38. The summed E-state index contributed by atoms with van der Waals surface area (Å²) < 4.78 is 17.4. The second-order valence-corrected chi connectivity index (χ2v) is 14.6. The fourth-order valence-corrected chi connectivity index (χ4v) is 12.9. The highest BCUT2D eigenvalue weighted by molar-refractivity contribution is 7.95. The van der Waals surface area contributed by atoms with Crippen LogP contribution in [0.5, 0.6) is 0 Å². The summed E-state index contributed by atoms with van der Waals surface area (Å²) >= 11 is 0. The molecule has 0 fully saturated rings. The van der Waals surface area contributed by atoms with Crippen LogP contribution < -0.4 is 21.2 Å². The molecule has 4 aromatic carbocycles. The van der Waals surface area contributed by atoms with Crippen LogP contribution in [0.1, 0.15) is 19.8 Å². The molecule has 0 radical (unpaired) electrons. The fourth-order valence-electron chi connectivity index (χ4n) is 4.54. The van der Waals surface area contributed by atoms with Crippen molar-refractivity contribution in [2.45, 2.75) is 25.9 Å². The molecular formula is C30H33FNP2+. The van der Waals surface area contributed by atoms with Crippen LogP contribution in [0.4, 0.5) is 4.39 Å². The highest BCUT2D eigenvalue weighted by Gasteiger charge is 2.50. The Balaban J connectivity index is 1.95. The molecule has 4 heteroatoms. The molecule has 0 heterocycles. The maximum Gasteiger partial charge on any atom is 0.152 e. The summed E-state index contributed by atoms with van der Waals surface area (Å²) in [4.78, 5) is 0. The first-order valence-corrected chi connectivity index (χ1v) is 15.2. The van der Waals surface area contributed by atoms with E-state index in [2.05, 4.69) is 133 Å². The van der Waals surface area contributed by atoms with Crippen molar-refractivity contribution >= 4 is 36.7 Å². The van der Waals surface area contributed by atoms with E-state index in [4.69, 9.17) is 0 Å². The topological polar surface area (TPSA) is 3.24 Å². The van der Waals surface area contributed by atoms with Crippen molar-refractivity contribution in [3.8, 4) is 0 Å². The standard InChI is InChI=1S/C30H33FNP2/c1-3-26(31)24-25-34(29-20-12-6-13-21-29,30-22-14-7-15-23-30)32(2)33(27-16-8-4-9-17-27)28-18-10-5-11-19-28/h4-23,26H,3,24-25H2,1-2H3/q+1. The molecule has 0 saturated heterocycles. The van der Waals surface area contributed by atoms with Crippen molar-refractivity contribution in [3.05, 3.63) is 121 Å². The Kier molecular flexibility index (Phi) is 8.63. The van der Waals surface area contributed by atoms with E-state index in [0.29, 0.717) is 12.8 Å². The maximum atomic E-state index is 14.8. The van der Waals surface area contributed by atoms with Crippen LogP contribution in [0.3, 0.4) is 0 Å². The number of nitrogens with zero attached hydrogens (tertiary/aromatic N) is 1. The number of hydrogen-bond acceptors (Lipinski definition) is 1. The molecule has 174 valence electrons. The fraction of sp³-hybridized carbons (Fsp3) is 0.200. The third-order valence-corrected chi connectivity index (χ3v) is 14.2. The smallest absolute Gasteiger partial charge is 0.152 e. The Labute approximate surface area is 205 Å². The number of hydrogen-bond donors (Lipinski definition) is 0. The zero-order valence-electron chi connectivity index (χ0n) is 20.0. The molecule has 0 aliphatic rings. The van der Waals surface area contributed by atoms with Gasteiger partial charge in [0.1, 0.15) is 16.8 Å². The summed E-state index contributed by atoms with van der Waals surface area (Å²) in [7, 11) is -0.670. The molecule has 4 aromatic rings. The number of benzene rings is 4. The van der Waals surface area contributed by atoms with Gasteiger partial charge in [0.25, 0.3) is 0 Å². The number of halogens is 1. The minimum Gasteiger partial charge on any atom is -0.247 e. The van der Waals surface area contributed by atoms with Crippen LogP contribution >= 0.6 is 15.5 Å². The summed E-state index contributed by atoms with van der Waals surface area (Å²) in [5, 5.41) is 5.25. The summed E-state index contributed by atoms with van der Waals surface area (Å²) in [6.45, 7) is 1.94.